The molecule has 0 bridgehead atoms. The van der Waals surface area contributed by atoms with Gasteiger partial charge in [-0.2, -0.15) is 8.78 Å². The van der Waals surface area contributed by atoms with Crippen LogP contribution in [0.15, 0.2) is 48.5 Å². The number of alkyl halides is 2. The number of aliphatic hydroxyl groups excluding tert-OH is 1. The summed E-state index contributed by atoms with van der Waals surface area (Å²) in [6.07, 6.45) is -1.33. The molecule has 0 saturated carbocycles. The summed E-state index contributed by atoms with van der Waals surface area (Å²) in [4.78, 5) is 12.8. The predicted molar refractivity (Wildman–Crippen MR) is 95.3 cm³/mol. The number of hydrogen-bond acceptors (Lipinski definition) is 4. The summed E-state index contributed by atoms with van der Waals surface area (Å²) in [6.45, 7) is 2.62. The molecule has 6 heteroatoms. The minimum Gasteiger partial charge on any atom is -0.434 e. The number of ether oxygens (including phenoxy) is 1. The van der Waals surface area contributed by atoms with Crippen molar-refractivity contribution in [2.75, 3.05) is 0 Å². The van der Waals surface area contributed by atoms with Gasteiger partial charge in [0.1, 0.15) is 12.0 Å². The second-order valence-electron chi connectivity index (χ2n) is 6.44. The third-order valence-corrected chi connectivity index (χ3v) is 4.05. The first kappa shape index (κ1) is 20.0. The maximum Gasteiger partial charge on any atom is 0.387 e. The van der Waals surface area contributed by atoms with E-state index in [1.165, 1.54) is 18.2 Å². The molecule has 0 aliphatic rings. The Morgan fingerprint density at radius 1 is 1.08 bits per heavy atom. The average Bonchev–Trinajstić information content (AvgIpc) is 2.59. The van der Waals surface area contributed by atoms with Crippen LogP contribution in [0.2, 0.25) is 0 Å². The van der Waals surface area contributed by atoms with Crippen LogP contribution in [0.25, 0.3) is 0 Å². The Hall–Kier alpha value is -2.31. The minimum absolute atomic E-state index is 0.123. The lowest BCUT2D eigenvalue weighted by molar-refractivity contribution is -0.0520. The molecule has 0 aromatic heterocycles. The van der Waals surface area contributed by atoms with E-state index >= 15 is 0 Å². The van der Waals surface area contributed by atoms with Crippen molar-refractivity contribution in [3.8, 4) is 5.75 Å². The van der Waals surface area contributed by atoms with Gasteiger partial charge in [-0.05, 0) is 18.9 Å². The summed E-state index contributed by atoms with van der Waals surface area (Å²) in [5.74, 6) is -0.430. The first-order valence-corrected chi connectivity index (χ1v) is 8.38. The summed E-state index contributed by atoms with van der Waals surface area (Å²) >= 11 is 0. The van der Waals surface area contributed by atoms with E-state index in [9.17, 15) is 18.7 Å². The highest BCUT2D eigenvalue weighted by Gasteiger charge is 2.27. The van der Waals surface area contributed by atoms with Crippen molar-refractivity contribution >= 4 is 5.78 Å². The molecule has 2 N–H and O–H groups in total. The van der Waals surface area contributed by atoms with Gasteiger partial charge in [-0.25, -0.2) is 0 Å². The number of rotatable bonds is 8. The maximum atomic E-state index is 12.8. The summed E-state index contributed by atoms with van der Waals surface area (Å²) in [5, 5.41) is 13.3. The number of carbonyl (C=O) groups excluding carboxylic acids is 1. The summed E-state index contributed by atoms with van der Waals surface area (Å²) < 4.78 is 29.6. The lowest BCUT2D eigenvalue weighted by Crippen LogP contribution is -2.43. The van der Waals surface area contributed by atoms with Crippen LogP contribution in [0, 0.1) is 12.8 Å². The zero-order valence-corrected chi connectivity index (χ0v) is 14.9. The van der Waals surface area contributed by atoms with Crippen LogP contribution in [0.5, 0.6) is 5.75 Å². The molecule has 2 aromatic rings. The molecule has 0 aliphatic carbocycles. The van der Waals surface area contributed by atoms with Crippen molar-refractivity contribution in [3.63, 3.8) is 0 Å². The van der Waals surface area contributed by atoms with Crippen molar-refractivity contribution in [2.24, 2.45) is 5.92 Å². The molecule has 2 atom stereocenters. The molecular weight excluding hydrogens is 340 g/mol. The number of nitrogens with one attached hydrogen (secondary N) is 1. The van der Waals surface area contributed by atoms with E-state index in [1.807, 2.05) is 32.9 Å². The van der Waals surface area contributed by atoms with Gasteiger partial charge in [-0.3, -0.25) is 10.1 Å². The van der Waals surface area contributed by atoms with Gasteiger partial charge in [0.05, 0.1) is 6.04 Å². The largest absolute Gasteiger partial charge is 0.434 e. The molecule has 2 unspecified atom stereocenters. The zero-order valence-electron chi connectivity index (χ0n) is 14.9. The van der Waals surface area contributed by atoms with Crippen molar-refractivity contribution in [3.05, 3.63) is 65.2 Å². The van der Waals surface area contributed by atoms with Gasteiger partial charge in [0.2, 0.25) is 0 Å². The molecule has 140 valence electrons. The number of ketones is 1. The molecule has 2 aromatic carbocycles. The van der Waals surface area contributed by atoms with Gasteiger partial charge < -0.3 is 9.84 Å². The number of benzene rings is 2. The minimum atomic E-state index is -3.00. The second kappa shape index (κ2) is 8.87. The molecule has 0 spiro atoms. The number of aryl methyl sites for hydroxylation is 1. The number of halogens is 2. The molecule has 0 radical (unpaired) electrons. The van der Waals surface area contributed by atoms with Crippen LogP contribution in [0.1, 0.15) is 41.6 Å². The van der Waals surface area contributed by atoms with E-state index in [2.05, 4.69) is 10.1 Å². The van der Waals surface area contributed by atoms with Gasteiger partial charge in [0.25, 0.3) is 0 Å². The third-order valence-electron chi connectivity index (χ3n) is 4.05. The van der Waals surface area contributed by atoms with Gasteiger partial charge >= 0.3 is 6.61 Å². The Bertz CT molecular complexity index is 732. The quantitative estimate of drug-likeness (QED) is 0.548. The Balaban J connectivity index is 2.22. The molecule has 2 rings (SSSR count). The summed E-state index contributed by atoms with van der Waals surface area (Å²) in [5.41, 5.74) is 1.70. The average molecular weight is 363 g/mol. The molecule has 26 heavy (non-hydrogen) atoms. The summed E-state index contributed by atoms with van der Waals surface area (Å²) in [7, 11) is 0. The Morgan fingerprint density at radius 2 is 1.69 bits per heavy atom. The summed E-state index contributed by atoms with van der Waals surface area (Å²) in [6, 6.07) is 12.4. The van der Waals surface area contributed by atoms with E-state index in [4.69, 9.17) is 0 Å². The zero-order chi connectivity index (χ0) is 19.3. The molecule has 0 fully saturated rings. The van der Waals surface area contributed by atoms with E-state index in [0.29, 0.717) is 5.56 Å². The second-order valence-corrected chi connectivity index (χ2v) is 6.44. The normalized spacial score (nSPS) is 13.7. The molecule has 0 amide bonds. The number of hydrogen-bond donors (Lipinski definition) is 2. The Kier molecular flexibility index (Phi) is 6.83. The van der Waals surface area contributed by atoms with Crippen molar-refractivity contribution < 1.29 is 23.4 Å². The van der Waals surface area contributed by atoms with E-state index in [1.54, 1.807) is 18.2 Å². The van der Waals surface area contributed by atoms with Gasteiger partial charge in [-0.15, -0.1) is 0 Å². The van der Waals surface area contributed by atoms with Crippen LogP contribution in [-0.2, 0) is 0 Å². The lowest BCUT2D eigenvalue weighted by atomic mass is 9.94. The van der Waals surface area contributed by atoms with Gasteiger partial charge in [0, 0.05) is 11.1 Å². The van der Waals surface area contributed by atoms with Crippen molar-refractivity contribution in [1.29, 1.82) is 0 Å². The smallest absolute Gasteiger partial charge is 0.387 e. The Labute approximate surface area is 151 Å². The maximum absolute atomic E-state index is 12.8. The monoisotopic (exact) mass is 363 g/mol. The van der Waals surface area contributed by atoms with Crippen LogP contribution in [0.3, 0.4) is 0 Å². The molecule has 0 aliphatic heterocycles. The number of aliphatic hydroxyl groups is 1. The third kappa shape index (κ3) is 5.09. The van der Waals surface area contributed by atoms with Crippen LogP contribution >= 0.6 is 0 Å². The number of Topliss-reactive ketones (excluding diaryl/α,β-unsaturated/α-hetero) is 1. The predicted octanol–water partition coefficient (Wildman–Crippen LogP) is 4.08. The van der Waals surface area contributed by atoms with E-state index < -0.39 is 18.9 Å². The van der Waals surface area contributed by atoms with E-state index in [0.717, 1.165) is 5.56 Å². The molecule has 0 saturated heterocycles. The fraction of sp³-hybridized carbons (Fsp3) is 0.350. The van der Waals surface area contributed by atoms with Crippen LogP contribution in [0.4, 0.5) is 8.78 Å². The SMILES string of the molecule is Cc1ccc(C(=O)C(NC(O)c2ccccc2OC(F)F)C(C)C)cc1. The van der Waals surface area contributed by atoms with Gasteiger partial charge in [0.15, 0.2) is 5.78 Å². The highest BCUT2D eigenvalue weighted by molar-refractivity contribution is 6.00. The topological polar surface area (TPSA) is 58.6 Å². The number of para-hydroxylation sites is 1. The fourth-order valence-corrected chi connectivity index (χ4v) is 2.64. The van der Waals surface area contributed by atoms with E-state index in [-0.39, 0.29) is 23.0 Å². The van der Waals surface area contributed by atoms with Crippen molar-refractivity contribution in [1.82, 2.24) is 5.32 Å². The fourth-order valence-electron chi connectivity index (χ4n) is 2.64. The first-order valence-electron chi connectivity index (χ1n) is 8.38. The van der Waals surface area contributed by atoms with Crippen LogP contribution in [-0.4, -0.2) is 23.5 Å². The van der Waals surface area contributed by atoms with Crippen LogP contribution < -0.4 is 10.1 Å². The Morgan fingerprint density at radius 3 is 2.27 bits per heavy atom. The lowest BCUT2D eigenvalue weighted by Gasteiger charge is -2.26. The van der Waals surface area contributed by atoms with Gasteiger partial charge in [-0.1, -0.05) is 61.9 Å². The standard InChI is InChI=1S/C20H23F2NO3/c1-12(2)17(18(24)14-10-8-13(3)9-11-14)23-19(25)15-6-4-5-7-16(15)26-20(21)22/h4-12,17,19-20,23,25H,1-3H3. The highest BCUT2D eigenvalue weighted by atomic mass is 19.3. The molecular formula is C20H23F2NO3. The molecule has 0 heterocycles. The number of carbonyl (C=O) groups is 1. The highest BCUT2D eigenvalue weighted by Crippen LogP contribution is 2.26. The van der Waals surface area contributed by atoms with Crippen molar-refractivity contribution in [2.45, 2.75) is 39.7 Å². The first-order chi connectivity index (χ1) is 12.3. The molecule has 4 nitrogen and oxygen atoms in total.